The first kappa shape index (κ1) is 11.8. The van der Waals surface area contributed by atoms with Crippen LogP contribution in [-0.2, 0) is 0 Å². The van der Waals surface area contributed by atoms with E-state index in [1.165, 1.54) is 0 Å². The molecule has 19 heavy (non-hydrogen) atoms. The van der Waals surface area contributed by atoms with E-state index in [1.54, 1.807) is 4.90 Å². The fraction of sp³-hybridized carbons (Fsp3) is 0.188. The number of hydrogen-bond donors (Lipinski definition) is 0. The Bertz CT molecular complexity index is 636. The van der Waals surface area contributed by atoms with Gasteiger partial charge in [0.2, 0.25) is 0 Å². The van der Waals surface area contributed by atoms with E-state index >= 15 is 0 Å². The molecule has 3 heteroatoms. The summed E-state index contributed by atoms with van der Waals surface area (Å²) in [5.74, 6) is 0.657. The van der Waals surface area contributed by atoms with E-state index in [2.05, 4.69) is 0 Å². The number of rotatable bonds is 1. The fourth-order valence-electron chi connectivity index (χ4n) is 2.50. The Morgan fingerprint density at radius 3 is 2.53 bits per heavy atom. The number of hydrogen-bond acceptors (Lipinski definition) is 2. The molecule has 2 aromatic carbocycles. The zero-order chi connectivity index (χ0) is 13.4. The Morgan fingerprint density at radius 2 is 1.74 bits per heavy atom. The number of aryl methyl sites for hydroxylation is 1. The number of anilines is 1. The normalized spacial score (nSPS) is 17.9. The maximum absolute atomic E-state index is 12.2. The highest BCUT2D eigenvalue weighted by Crippen LogP contribution is 2.38. The molecular weight excluding hydrogens is 238 g/mol. The molecule has 0 fully saturated rings. The van der Waals surface area contributed by atoms with Crippen LogP contribution in [0, 0.1) is 6.92 Å². The summed E-state index contributed by atoms with van der Waals surface area (Å²) >= 11 is 0. The van der Waals surface area contributed by atoms with Crippen LogP contribution >= 0.6 is 0 Å². The maximum atomic E-state index is 12.2. The van der Waals surface area contributed by atoms with Gasteiger partial charge in [0.15, 0.2) is 0 Å². The monoisotopic (exact) mass is 253 g/mol. The van der Waals surface area contributed by atoms with Crippen molar-refractivity contribution in [2.24, 2.45) is 0 Å². The second-order valence-corrected chi connectivity index (χ2v) is 4.74. The lowest BCUT2D eigenvalue weighted by Crippen LogP contribution is -2.40. The largest absolute Gasteiger partial charge is 0.420 e. The molecule has 1 atom stereocenters. The molecule has 3 rings (SSSR count). The molecular formula is C16H15NO2. The molecule has 0 spiro atoms. The molecule has 0 saturated heterocycles. The van der Waals surface area contributed by atoms with Gasteiger partial charge in [0, 0.05) is 5.56 Å². The van der Waals surface area contributed by atoms with Gasteiger partial charge >= 0.3 is 6.09 Å². The number of carbonyl (C=O) groups is 1. The lowest BCUT2D eigenvalue weighted by Gasteiger charge is -2.34. The molecule has 1 aliphatic heterocycles. The third-order valence-corrected chi connectivity index (χ3v) is 3.53. The van der Waals surface area contributed by atoms with Crippen molar-refractivity contribution in [2.45, 2.75) is 19.9 Å². The van der Waals surface area contributed by atoms with Crippen molar-refractivity contribution in [1.82, 2.24) is 0 Å². The molecule has 0 saturated carbocycles. The van der Waals surface area contributed by atoms with Gasteiger partial charge in [0.05, 0.1) is 11.7 Å². The van der Waals surface area contributed by atoms with Gasteiger partial charge in [0.25, 0.3) is 0 Å². The van der Waals surface area contributed by atoms with Gasteiger partial charge in [-0.25, -0.2) is 4.79 Å². The van der Waals surface area contributed by atoms with Crippen molar-refractivity contribution in [3.05, 3.63) is 59.7 Å². The first-order chi connectivity index (χ1) is 9.18. The first-order valence-corrected chi connectivity index (χ1v) is 6.34. The average molecular weight is 253 g/mol. The van der Waals surface area contributed by atoms with Crippen molar-refractivity contribution >= 4 is 11.8 Å². The summed E-state index contributed by atoms with van der Waals surface area (Å²) in [6.45, 7) is 4.02. The SMILES string of the molecule is Cc1ccccc1N1C(=O)Oc2ccccc2C1C. The van der Waals surface area contributed by atoms with Gasteiger partial charge in [-0.3, -0.25) is 4.90 Å². The van der Waals surface area contributed by atoms with Gasteiger partial charge in [0.1, 0.15) is 5.75 Å². The first-order valence-electron chi connectivity index (χ1n) is 6.34. The number of amides is 1. The lowest BCUT2D eigenvalue weighted by molar-refractivity contribution is 0.199. The molecule has 3 nitrogen and oxygen atoms in total. The molecule has 96 valence electrons. The Labute approximate surface area is 112 Å². The number of nitrogens with zero attached hydrogens (tertiary/aromatic N) is 1. The maximum Gasteiger partial charge on any atom is 0.420 e. The standard InChI is InChI=1S/C16H15NO2/c1-11-7-3-5-9-14(11)17-12(2)13-8-4-6-10-15(13)19-16(17)18/h3-10,12H,1-2H3. The molecule has 0 radical (unpaired) electrons. The van der Waals surface area contributed by atoms with Crippen LogP contribution in [0.4, 0.5) is 10.5 Å². The van der Waals surface area contributed by atoms with E-state index in [0.29, 0.717) is 5.75 Å². The summed E-state index contributed by atoms with van der Waals surface area (Å²) in [5.41, 5.74) is 2.99. The predicted molar refractivity (Wildman–Crippen MR) is 74.5 cm³/mol. The molecule has 0 aliphatic carbocycles. The predicted octanol–water partition coefficient (Wildman–Crippen LogP) is 4.08. The van der Waals surface area contributed by atoms with Crippen LogP contribution in [-0.4, -0.2) is 6.09 Å². The van der Waals surface area contributed by atoms with Gasteiger partial charge < -0.3 is 4.74 Å². The summed E-state index contributed by atoms with van der Waals surface area (Å²) in [7, 11) is 0. The van der Waals surface area contributed by atoms with Crippen LogP contribution in [0.2, 0.25) is 0 Å². The molecule has 1 aliphatic rings. The van der Waals surface area contributed by atoms with Crippen molar-refractivity contribution in [3.8, 4) is 5.75 Å². The van der Waals surface area contributed by atoms with E-state index < -0.39 is 0 Å². The van der Waals surface area contributed by atoms with E-state index in [4.69, 9.17) is 4.74 Å². The number of para-hydroxylation sites is 2. The third-order valence-electron chi connectivity index (χ3n) is 3.53. The van der Waals surface area contributed by atoms with Crippen LogP contribution in [0.5, 0.6) is 5.75 Å². The fourth-order valence-corrected chi connectivity index (χ4v) is 2.50. The number of fused-ring (bicyclic) bond motifs is 1. The Morgan fingerprint density at radius 1 is 1.05 bits per heavy atom. The minimum Gasteiger partial charge on any atom is -0.410 e. The number of carbonyl (C=O) groups excluding carboxylic acids is 1. The summed E-state index contributed by atoms with van der Waals surface area (Å²) in [6.07, 6.45) is -0.319. The Kier molecular flexibility index (Phi) is 2.75. The highest BCUT2D eigenvalue weighted by atomic mass is 16.6. The van der Waals surface area contributed by atoms with Crippen LogP contribution < -0.4 is 9.64 Å². The highest BCUT2D eigenvalue weighted by molar-refractivity contribution is 5.92. The second kappa shape index (κ2) is 4.43. The smallest absolute Gasteiger partial charge is 0.410 e. The quantitative estimate of drug-likeness (QED) is 0.766. The summed E-state index contributed by atoms with van der Waals surface area (Å²) in [5, 5.41) is 0. The molecule has 0 bridgehead atoms. The third kappa shape index (κ3) is 1.87. The van der Waals surface area contributed by atoms with Crippen molar-refractivity contribution in [2.75, 3.05) is 4.90 Å². The van der Waals surface area contributed by atoms with Crippen molar-refractivity contribution < 1.29 is 9.53 Å². The van der Waals surface area contributed by atoms with Gasteiger partial charge in [-0.05, 0) is 31.5 Å². The van der Waals surface area contributed by atoms with Gasteiger partial charge in [-0.2, -0.15) is 0 Å². The molecule has 1 heterocycles. The van der Waals surface area contributed by atoms with E-state index in [-0.39, 0.29) is 12.1 Å². The van der Waals surface area contributed by atoms with Crippen LogP contribution in [0.25, 0.3) is 0 Å². The molecule has 1 unspecified atom stereocenters. The van der Waals surface area contributed by atoms with E-state index in [9.17, 15) is 4.79 Å². The van der Waals surface area contributed by atoms with Crippen LogP contribution in [0.15, 0.2) is 48.5 Å². The van der Waals surface area contributed by atoms with E-state index in [1.807, 2.05) is 62.4 Å². The Hall–Kier alpha value is -2.29. The second-order valence-electron chi connectivity index (χ2n) is 4.74. The minimum absolute atomic E-state index is 0.0291. The molecule has 0 N–H and O–H groups in total. The topological polar surface area (TPSA) is 29.5 Å². The van der Waals surface area contributed by atoms with Gasteiger partial charge in [-0.1, -0.05) is 36.4 Å². The zero-order valence-electron chi connectivity index (χ0n) is 11.0. The molecule has 0 aromatic heterocycles. The summed E-state index contributed by atoms with van der Waals surface area (Å²) < 4.78 is 5.41. The number of ether oxygens (including phenoxy) is 1. The molecule has 2 aromatic rings. The van der Waals surface area contributed by atoms with Gasteiger partial charge in [-0.15, -0.1) is 0 Å². The number of benzene rings is 2. The minimum atomic E-state index is -0.319. The summed E-state index contributed by atoms with van der Waals surface area (Å²) in [4.78, 5) is 13.9. The van der Waals surface area contributed by atoms with E-state index in [0.717, 1.165) is 16.8 Å². The van der Waals surface area contributed by atoms with Crippen LogP contribution in [0.1, 0.15) is 24.1 Å². The average Bonchev–Trinajstić information content (AvgIpc) is 2.41. The van der Waals surface area contributed by atoms with Crippen molar-refractivity contribution in [3.63, 3.8) is 0 Å². The Balaban J connectivity index is 2.10. The van der Waals surface area contributed by atoms with Crippen LogP contribution in [0.3, 0.4) is 0 Å². The molecule has 1 amide bonds. The van der Waals surface area contributed by atoms with Crippen molar-refractivity contribution in [1.29, 1.82) is 0 Å². The highest BCUT2D eigenvalue weighted by Gasteiger charge is 2.32. The zero-order valence-corrected chi connectivity index (χ0v) is 11.0. The lowest BCUT2D eigenvalue weighted by atomic mass is 10.0. The summed E-state index contributed by atoms with van der Waals surface area (Å²) in [6, 6.07) is 15.5.